The molecule has 0 aliphatic heterocycles. The molecular formula is C12H28N2O2. The van der Waals surface area contributed by atoms with Gasteiger partial charge in [0.15, 0.2) is 0 Å². The van der Waals surface area contributed by atoms with Crippen LogP contribution in [0.2, 0.25) is 0 Å². The van der Waals surface area contributed by atoms with E-state index in [4.69, 9.17) is 11.5 Å². The van der Waals surface area contributed by atoms with Crippen LogP contribution in [0.3, 0.4) is 0 Å². The second kappa shape index (κ2) is 7.22. The molecule has 0 aromatic heterocycles. The van der Waals surface area contributed by atoms with Gasteiger partial charge in [0.05, 0.1) is 12.2 Å². The first kappa shape index (κ1) is 15.8. The van der Waals surface area contributed by atoms with Gasteiger partial charge in [-0.3, -0.25) is 0 Å². The zero-order valence-electron chi connectivity index (χ0n) is 10.9. The standard InChI is InChI=1S/C12H28N2O2/c1-7(2)5-9(13)11(15)12(16)10(14)6-8(3)4/h7-12,15-16H,5-6,13-14H2,1-4H3. The lowest BCUT2D eigenvalue weighted by atomic mass is 9.90. The molecule has 4 heteroatoms. The van der Waals surface area contributed by atoms with E-state index in [0.29, 0.717) is 24.7 Å². The first-order valence-corrected chi connectivity index (χ1v) is 6.13. The molecule has 0 heterocycles. The molecular weight excluding hydrogens is 204 g/mol. The molecule has 0 bridgehead atoms. The maximum atomic E-state index is 9.86. The second-order valence-corrected chi connectivity index (χ2v) is 5.57. The van der Waals surface area contributed by atoms with Gasteiger partial charge in [-0.2, -0.15) is 0 Å². The summed E-state index contributed by atoms with van der Waals surface area (Å²) in [5, 5.41) is 19.7. The van der Waals surface area contributed by atoms with E-state index < -0.39 is 24.3 Å². The Balaban J connectivity index is 4.19. The Hall–Kier alpha value is -0.160. The molecule has 0 aliphatic carbocycles. The minimum atomic E-state index is -0.934. The van der Waals surface area contributed by atoms with E-state index in [1.54, 1.807) is 0 Å². The van der Waals surface area contributed by atoms with Crippen LogP contribution in [0.5, 0.6) is 0 Å². The number of hydrogen-bond acceptors (Lipinski definition) is 4. The highest BCUT2D eigenvalue weighted by molar-refractivity contribution is 4.86. The SMILES string of the molecule is CC(C)CC(N)C(O)C(O)C(N)CC(C)C. The third-order valence-electron chi connectivity index (χ3n) is 2.71. The minimum Gasteiger partial charge on any atom is -0.389 e. The molecule has 4 atom stereocenters. The molecule has 16 heavy (non-hydrogen) atoms. The molecule has 0 amide bonds. The fourth-order valence-corrected chi connectivity index (χ4v) is 1.87. The fourth-order valence-electron chi connectivity index (χ4n) is 1.87. The first-order valence-electron chi connectivity index (χ1n) is 6.13. The van der Waals surface area contributed by atoms with Gasteiger partial charge < -0.3 is 21.7 Å². The Bertz CT molecular complexity index is 166. The van der Waals surface area contributed by atoms with Crippen LogP contribution < -0.4 is 11.5 Å². The highest BCUT2D eigenvalue weighted by atomic mass is 16.3. The lowest BCUT2D eigenvalue weighted by molar-refractivity contribution is -0.0165. The van der Waals surface area contributed by atoms with Gasteiger partial charge in [0, 0.05) is 12.1 Å². The van der Waals surface area contributed by atoms with Crippen molar-refractivity contribution >= 4 is 0 Å². The molecule has 0 fully saturated rings. The van der Waals surface area contributed by atoms with E-state index in [2.05, 4.69) is 0 Å². The van der Waals surface area contributed by atoms with Gasteiger partial charge in [0.2, 0.25) is 0 Å². The molecule has 0 radical (unpaired) electrons. The van der Waals surface area contributed by atoms with Crippen molar-refractivity contribution in [2.75, 3.05) is 0 Å². The molecule has 0 saturated heterocycles. The summed E-state index contributed by atoms with van der Waals surface area (Å²) in [4.78, 5) is 0. The predicted molar refractivity (Wildman–Crippen MR) is 66.9 cm³/mol. The monoisotopic (exact) mass is 232 g/mol. The second-order valence-electron chi connectivity index (χ2n) is 5.57. The lowest BCUT2D eigenvalue weighted by Gasteiger charge is -2.29. The summed E-state index contributed by atoms with van der Waals surface area (Å²) >= 11 is 0. The van der Waals surface area contributed by atoms with Crippen molar-refractivity contribution in [3.8, 4) is 0 Å². The zero-order valence-corrected chi connectivity index (χ0v) is 10.9. The van der Waals surface area contributed by atoms with Crippen molar-refractivity contribution in [2.45, 2.75) is 64.8 Å². The Morgan fingerprint density at radius 2 is 1.00 bits per heavy atom. The van der Waals surface area contributed by atoms with Crippen molar-refractivity contribution in [1.29, 1.82) is 0 Å². The summed E-state index contributed by atoms with van der Waals surface area (Å²) in [6.07, 6.45) is -0.494. The van der Waals surface area contributed by atoms with Crippen molar-refractivity contribution in [1.82, 2.24) is 0 Å². The summed E-state index contributed by atoms with van der Waals surface area (Å²) in [5.41, 5.74) is 11.6. The Morgan fingerprint density at radius 3 is 1.19 bits per heavy atom. The summed E-state index contributed by atoms with van der Waals surface area (Å²) in [6, 6.07) is -0.818. The normalized spacial score (nSPS) is 19.9. The summed E-state index contributed by atoms with van der Waals surface area (Å²) in [7, 11) is 0. The smallest absolute Gasteiger partial charge is 0.0964 e. The van der Waals surface area contributed by atoms with Crippen LogP contribution in [0.4, 0.5) is 0 Å². The third kappa shape index (κ3) is 5.80. The Labute approximate surface area is 99.0 Å². The van der Waals surface area contributed by atoms with E-state index in [1.165, 1.54) is 0 Å². The van der Waals surface area contributed by atoms with Crippen LogP contribution in [0.25, 0.3) is 0 Å². The van der Waals surface area contributed by atoms with E-state index in [-0.39, 0.29) is 0 Å². The van der Waals surface area contributed by atoms with E-state index in [1.807, 2.05) is 27.7 Å². The highest BCUT2D eigenvalue weighted by Gasteiger charge is 2.28. The molecule has 0 rings (SSSR count). The average molecular weight is 232 g/mol. The van der Waals surface area contributed by atoms with Gasteiger partial charge in [-0.25, -0.2) is 0 Å². The van der Waals surface area contributed by atoms with Crippen LogP contribution in [0.15, 0.2) is 0 Å². The van der Waals surface area contributed by atoms with Crippen LogP contribution in [0.1, 0.15) is 40.5 Å². The number of nitrogens with two attached hydrogens (primary N) is 2. The molecule has 98 valence electrons. The van der Waals surface area contributed by atoms with Crippen molar-refractivity contribution in [3.63, 3.8) is 0 Å². The van der Waals surface area contributed by atoms with Crippen molar-refractivity contribution < 1.29 is 10.2 Å². The van der Waals surface area contributed by atoms with Crippen LogP contribution in [0, 0.1) is 11.8 Å². The molecule has 0 aromatic carbocycles. The van der Waals surface area contributed by atoms with Crippen molar-refractivity contribution in [3.05, 3.63) is 0 Å². The molecule has 0 saturated carbocycles. The molecule has 0 spiro atoms. The van der Waals surface area contributed by atoms with E-state index in [0.717, 1.165) is 0 Å². The van der Waals surface area contributed by atoms with Gasteiger partial charge in [0.25, 0.3) is 0 Å². The summed E-state index contributed by atoms with van der Waals surface area (Å²) in [5.74, 6) is 0.802. The molecule has 4 unspecified atom stereocenters. The van der Waals surface area contributed by atoms with Gasteiger partial charge in [-0.15, -0.1) is 0 Å². The van der Waals surface area contributed by atoms with E-state index in [9.17, 15) is 10.2 Å². The maximum Gasteiger partial charge on any atom is 0.0964 e. The largest absolute Gasteiger partial charge is 0.389 e. The summed E-state index contributed by atoms with van der Waals surface area (Å²) < 4.78 is 0. The lowest BCUT2D eigenvalue weighted by Crippen LogP contribution is -2.51. The van der Waals surface area contributed by atoms with Gasteiger partial charge in [-0.05, 0) is 24.7 Å². The third-order valence-corrected chi connectivity index (χ3v) is 2.71. The fraction of sp³-hybridized carbons (Fsp3) is 1.00. The maximum absolute atomic E-state index is 9.86. The van der Waals surface area contributed by atoms with Crippen LogP contribution >= 0.6 is 0 Å². The number of aliphatic hydroxyl groups is 2. The molecule has 0 aromatic rings. The topological polar surface area (TPSA) is 92.5 Å². The summed E-state index contributed by atoms with van der Waals surface area (Å²) in [6.45, 7) is 8.14. The number of aliphatic hydroxyl groups excluding tert-OH is 2. The zero-order chi connectivity index (χ0) is 12.9. The number of hydrogen-bond donors (Lipinski definition) is 4. The minimum absolute atomic E-state index is 0.401. The van der Waals surface area contributed by atoms with E-state index >= 15 is 0 Å². The first-order chi connectivity index (χ1) is 7.25. The Morgan fingerprint density at radius 1 is 0.750 bits per heavy atom. The van der Waals surface area contributed by atoms with Crippen molar-refractivity contribution in [2.24, 2.45) is 23.3 Å². The Kier molecular flexibility index (Phi) is 7.15. The highest BCUT2D eigenvalue weighted by Crippen LogP contribution is 2.14. The van der Waals surface area contributed by atoms with Crippen LogP contribution in [-0.4, -0.2) is 34.5 Å². The quantitative estimate of drug-likeness (QED) is 0.513. The molecule has 4 nitrogen and oxygen atoms in total. The molecule has 0 aliphatic rings. The van der Waals surface area contributed by atoms with Gasteiger partial charge >= 0.3 is 0 Å². The van der Waals surface area contributed by atoms with Gasteiger partial charge in [0.1, 0.15) is 0 Å². The number of rotatable bonds is 7. The average Bonchev–Trinajstić information content (AvgIpc) is 2.13. The predicted octanol–water partition coefficient (Wildman–Crippen LogP) is 0.455. The molecule has 6 N–H and O–H groups in total. The van der Waals surface area contributed by atoms with Crippen LogP contribution in [-0.2, 0) is 0 Å². The van der Waals surface area contributed by atoms with Gasteiger partial charge in [-0.1, -0.05) is 27.7 Å².